The Morgan fingerprint density at radius 1 is 1.14 bits per heavy atom. The van der Waals surface area contributed by atoms with Gasteiger partial charge in [-0.25, -0.2) is 4.98 Å². The molecule has 0 spiro atoms. The van der Waals surface area contributed by atoms with Gasteiger partial charge in [0, 0.05) is 18.1 Å². The molecule has 0 amide bonds. The first-order chi connectivity index (χ1) is 10.0. The van der Waals surface area contributed by atoms with Crippen LogP contribution in [-0.4, -0.2) is 18.1 Å². The van der Waals surface area contributed by atoms with Crippen molar-refractivity contribution >= 4 is 10.8 Å². The van der Waals surface area contributed by atoms with Crippen molar-refractivity contribution in [1.82, 2.24) is 10.3 Å². The fourth-order valence-electron chi connectivity index (χ4n) is 2.19. The summed E-state index contributed by atoms with van der Waals surface area (Å²) in [5.41, 5.74) is 1.50. The molecule has 1 aromatic heterocycles. The van der Waals surface area contributed by atoms with Gasteiger partial charge in [-0.15, -0.1) is 0 Å². The number of pyridine rings is 1. The number of hydrogen-bond acceptors (Lipinski definition) is 3. The maximum Gasteiger partial charge on any atom is 0.221 e. The molecule has 0 saturated heterocycles. The van der Waals surface area contributed by atoms with Gasteiger partial charge in [0.15, 0.2) is 0 Å². The lowest BCUT2D eigenvalue weighted by molar-refractivity contribution is 0.238. The zero-order chi connectivity index (χ0) is 15.3. The van der Waals surface area contributed by atoms with Crippen LogP contribution in [0.4, 0.5) is 0 Å². The highest BCUT2D eigenvalue weighted by Crippen LogP contribution is 2.27. The smallest absolute Gasteiger partial charge is 0.221 e. The first-order valence-corrected chi connectivity index (χ1v) is 7.71. The van der Waals surface area contributed by atoms with Gasteiger partial charge in [0.1, 0.15) is 0 Å². The number of benzene rings is 1. The molecule has 114 valence electrons. The number of fused-ring (bicyclic) bond motifs is 1. The zero-order valence-corrected chi connectivity index (χ0v) is 13.6. The van der Waals surface area contributed by atoms with Gasteiger partial charge in [-0.1, -0.05) is 45.9 Å². The Bertz CT molecular complexity index is 587. The minimum Gasteiger partial charge on any atom is -0.477 e. The second-order valence-electron chi connectivity index (χ2n) is 6.57. The van der Waals surface area contributed by atoms with Crippen LogP contribution in [0, 0.1) is 5.41 Å². The van der Waals surface area contributed by atoms with E-state index in [9.17, 15) is 0 Å². The standard InChI is InChI=1S/C18H26N2O/c1-5-19-12-14-13-20-17(21-11-10-18(2,3)4)16-9-7-6-8-15(14)16/h6-9,13,19H,5,10-12H2,1-4H3. The van der Waals surface area contributed by atoms with E-state index in [1.165, 1.54) is 10.9 Å². The van der Waals surface area contributed by atoms with Gasteiger partial charge >= 0.3 is 0 Å². The second kappa shape index (κ2) is 6.90. The number of nitrogens with one attached hydrogen (secondary N) is 1. The van der Waals surface area contributed by atoms with Crippen LogP contribution in [0.1, 0.15) is 39.7 Å². The third-order valence-electron chi connectivity index (χ3n) is 3.50. The molecular weight excluding hydrogens is 260 g/mol. The van der Waals surface area contributed by atoms with Crippen LogP contribution in [0.3, 0.4) is 0 Å². The van der Waals surface area contributed by atoms with Gasteiger partial charge in [0.05, 0.1) is 6.61 Å². The van der Waals surface area contributed by atoms with Crippen LogP contribution in [0.15, 0.2) is 30.5 Å². The van der Waals surface area contributed by atoms with Crippen molar-refractivity contribution in [2.75, 3.05) is 13.2 Å². The van der Waals surface area contributed by atoms with Crippen molar-refractivity contribution in [2.24, 2.45) is 5.41 Å². The molecule has 2 aromatic rings. The average Bonchev–Trinajstić information content (AvgIpc) is 2.45. The number of rotatable bonds is 6. The predicted octanol–water partition coefficient (Wildman–Crippen LogP) is 4.16. The number of hydrogen-bond donors (Lipinski definition) is 1. The minimum absolute atomic E-state index is 0.279. The van der Waals surface area contributed by atoms with E-state index in [-0.39, 0.29) is 5.41 Å². The molecule has 21 heavy (non-hydrogen) atoms. The summed E-state index contributed by atoms with van der Waals surface area (Å²) in [6, 6.07) is 8.33. The van der Waals surface area contributed by atoms with Crippen LogP contribution in [-0.2, 0) is 6.54 Å². The summed E-state index contributed by atoms with van der Waals surface area (Å²) < 4.78 is 5.92. The Balaban J connectivity index is 2.21. The predicted molar refractivity (Wildman–Crippen MR) is 88.7 cm³/mol. The molecule has 1 heterocycles. The SMILES string of the molecule is CCNCc1cnc(OCCC(C)(C)C)c2ccccc12. The normalized spacial score (nSPS) is 11.8. The Hall–Kier alpha value is -1.61. The van der Waals surface area contributed by atoms with Crippen molar-refractivity contribution in [3.05, 3.63) is 36.0 Å². The number of ether oxygens (including phenoxy) is 1. The highest BCUT2D eigenvalue weighted by molar-refractivity contribution is 5.89. The summed E-state index contributed by atoms with van der Waals surface area (Å²) in [5, 5.41) is 5.68. The van der Waals surface area contributed by atoms with E-state index in [4.69, 9.17) is 4.74 Å². The maximum atomic E-state index is 5.92. The quantitative estimate of drug-likeness (QED) is 0.866. The summed E-state index contributed by atoms with van der Waals surface area (Å²) in [5.74, 6) is 0.745. The number of aromatic nitrogens is 1. The summed E-state index contributed by atoms with van der Waals surface area (Å²) >= 11 is 0. The zero-order valence-electron chi connectivity index (χ0n) is 13.6. The van der Waals surface area contributed by atoms with Crippen LogP contribution >= 0.6 is 0 Å². The first kappa shape index (κ1) is 15.8. The average molecular weight is 286 g/mol. The summed E-state index contributed by atoms with van der Waals surface area (Å²) in [6.45, 7) is 11.3. The topological polar surface area (TPSA) is 34.2 Å². The molecule has 0 aliphatic heterocycles. The summed E-state index contributed by atoms with van der Waals surface area (Å²) in [4.78, 5) is 4.52. The molecule has 0 atom stereocenters. The van der Waals surface area contributed by atoms with Crippen molar-refractivity contribution in [3.63, 3.8) is 0 Å². The van der Waals surface area contributed by atoms with Crippen LogP contribution in [0.2, 0.25) is 0 Å². The van der Waals surface area contributed by atoms with Gasteiger partial charge in [-0.2, -0.15) is 0 Å². The third-order valence-corrected chi connectivity index (χ3v) is 3.50. The molecular formula is C18H26N2O. The highest BCUT2D eigenvalue weighted by Gasteiger charge is 2.12. The van der Waals surface area contributed by atoms with Crippen molar-refractivity contribution in [2.45, 2.75) is 40.7 Å². The molecule has 1 aromatic carbocycles. The van der Waals surface area contributed by atoms with Gasteiger partial charge in [-0.05, 0) is 35.4 Å². The fourth-order valence-corrected chi connectivity index (χ4v) is 2.19. The lowest BCUT2D eigenvalue weighted by Crippen LogP contribution is -2.13. The lowest BCUT2D eigenvalue weighted by atomic mass is 9.93. The van der Waals surface area contributed by atoms with Gasteiger partial charge in [0.25, 0.3) is 0 Å². The van der Waals surface area contributed by atoms with Crippen LogP contribution in [0.5, 0.6) is 5.88 Å². The molecule has 0 aliphatic rings. The van der Waals surface area contributed by atoms with Crippen molar-refractivity contribution < 1.29 is 4.74 Å². The first-order valence-electron chi connectivity index (χ1n) is 7.71. The molecule has 2 rings (SSSR count). The number of nitrogens with zero attached hydrogens (tertiary/aromatic N) is 1. The Morgan fingerprint density at radius 3 is 2.52 bits per heavy atom. The lowest BCUT2D eigenvalue weighted by Gasteiger charge is -2.18. The molecule has 0 fully saturated rings. The van der Waals surface area contributed by atoms with E-state index in [0.29, 0.717) is 6.61 Å². The van der Waals surface area contributed by atoms with Crippen LogP contribution in [0.25, 0.3) is 10.8 Å². The summed E-state index contributed by atoms with van der Waals surface area (Å²) in [6.07, 6.45) is 2.94. The molecule has 3 heteroatoms. The molecule has 0 bridgehead atoms. The van der Waals surface area contributed by atoms with E-state index in [0.717, 1.165) is 30.8 Å². The molecule has 0 unspecified atom stereocenters. The van der Waals surface area contributed by atoms with E-state index >= 15 is 0 Å². The van der Waals surface area contributed by atoms with E-state index in [2.05, 4.69) is 56.2 Å². The van der Waals surface area contributed by atoms with E-state index < -0.39 is 0 Å². The largest absolute Gasteiger partial charge is 0.477 e. The Labute approximate surface area is 127 Å². The Morgan fingerprint density at radius 2 is 1.86 bits per heavy atom. The van der Waals surface area contributed by atoms with E-state index in [1.54, 1.807) is 0 Å². The molecule has 0 aliphatic carbocycles. The Kier molecular flexibility index (Phi) is 5.18. The third kappa shape index (κ3) is 4.43. The van der Waals surface area contributed by atoms with Crippen molar-refractivity contribution in [3.8, 4) is 5.88 Å². The van der Waals surface area contributed by atoms with E-state index in [1.807, 2.05) is 12.3 Å². The molecule has 0 radical (unpaired) electrons. The molecule has 3 nitrogen and oxygen atoms in total. The highest BCUT2D eigenvalue weighted by atomic mass is 16.5. The van der Waals surface area contributed by atoms with Gasteiger partial charge in [-0.3, -0.25) is 0 Å². The second-order valence-corrected chi connectivity index (χ2v) is 6.57. The fraction of sp³-hybridized carbons (Fsp3) is 0.500. The minimum atomic E-state index is 0.279. The van der Waals surface area contributed by atoms with Gasteiger partial charge in [0.2, 0.25) is 5.88 Å². The van der Waals surface area contributed by atoms with Crippen LogP contribution < -0.4 is 10.1 Å². The molecule has 1 N–H and O–H groups in total. The van der Waals surface area contributed by atoms with Gasteiger partial charge < -0.3 is 10.1 Å². The summed E-state index contributed by atoms with van der Waals surface area (Å²) in [7, 11) is 0. The maximum absolute atomic E-state index is 5.92. The van der Waals surface area contributed by atoms with Crippen molar-refractivity contribution in [1.29, 1.82) is 0 Å². The molecule has 0 saturated carbocycles. The monoisotopic (exact) mass is 286 g/mol.